The Morgan fingerprint density at radius 1 is 1.40 bits per heavy atom. The number of aryl methyl sites for hydroxylation is 1. The van der Waals surface area contributed by atoms with Crippen molar-refractivity contribution in [2.75, 3.05) is 39.4 Å². The number of nitrogens with one attached hydrogen (secondary N) is 2. The molecule has 10 nitrogen and oxygen atoms in total. The smallest absolute Gasteiger partial charge is 0.363 e. The Labute approximate surface area is 174 Å². The van der Waals surface area contributed by atoms with Crippen LogP contribution >= 0.6 is 0 Å². The van der Waals surface area contributed by atoms with Crippen LogP contribution < -0.4 is 10.1 Å². The predicted molar refractivity (Wildman–Crippen MR) is 112 cm³/mol. The lowest BCUT2D eigenvalue weighted by molar-refractivity contribution is -0.389. The number of nitro groups is 1. The number of ether oxygens (including phenoxy) is 2. The van der Waals surface area contributed by atoms with Crippen LogP contribution in [0, 0.1) is 22.4 Å². The van der Waals surface area contributed by atoms with E-state index >= 15 is 0 Å². The normalized spacial score (nSPS) is 14.9. The first-order valence-electron chi connectivity index (χ1n) is 9.57. The summed E-state index contributed by atoms with van der Waals surface area (Å²) in [6, 6.07) is 6.20. The molecule has 0 aliphatic carbocycles. The molecule has 0 aromatic carbocycles. The number of hydrogen-bond donors (Lipinski definition) is 2. The molecule has 1 fully saturated rings. The lowest BCUT2D eigenvalue weighted by Gasteiger charge is -2.26. The van der Waals surface area contributed by atoms with Crippen molar-refractivity contribution in [1.29, 1.82) is 5.41 Å². The molecule has 30 heavy (non-hydrogen) atoms. The van der Waals surface area contributed by atoms with Gasteiger partial charge >= 0.3 is 5.82 Å². The Hall–Kier alpha value is -3.37. The molecule has 1 saturated heterocycles. The van der Waals surface area contributed by atoms with E-state index in [0.29, 0.717) is 28.5 Å². The first-order chi connectivity index (χ1) is 14.6. The Morgan fingerprint density at radius 2 is 2.20 bits per heavy atom. The van der Waals surface area contributed by atoms with E-state index in [1.54, 1.807) is 31.5 Å². The van der Waals surface area contributed by atoms with Crippen LogP contribution in [0.3, 0.4) is 0 Å². The molecule has 2 N–H and O–H groups in total. The van der Waals surface area contributed by atoms with Gasteiger partial charge in [-0.05, 0) is 22.0 Å². The maximum Gasteiger partial charge on any atom is 0.363 e. The number of morpholine rings is 1. The van der Waals surface area contributed by atoms with E-state index in [1.807, 2.05) is 0 Å². The Kier molecular flexibility index (Phi) is 7.41. The second kappa shape index (κ2) is 10.4. The molecule has 3 rings (SSSR count). The second-order valence-electron chi connectivity index (χ2n) is 6.64. The number of rotatable bonds is 9. The molecular weight excluding hydrogens is 388 g/mol. The van der Waals surface area contributed by atoms with Gasteiger partial charge in [-0.2, -0.15) is 0 Å². The molecule has 0 amide bonds. The van der Waals surface area contributed by atoms with E-state index in [4.69, 9.17) is 14.9 Å². The van der Waals surface area contributed by atoms with Gasteiger partial charge < -0.3 is 30.3 Å². The molecular formula is C20H24N6O4. The average molecular weight is 412 g/mol. The fraction of sp³-hybridized carbons (Fsp3) is 0.350. The van der Waals surface area contributed by atoms with Gasteiger partial charge in [0.05, 0.1) is 18.9 Å². The third kappa shape index (κ3) is 5.82. The highest BCUT2D eigenvalue weighted by molar-refractivity contribution is 6.07. The third-order valence-electron chi connectivity index (χ3n) is 4.55. The van der Waals surface area contributed by atoms with Gasteiger partial charge in [0.25, 0.3) is 0 Å². The first-order valence-corrected chi connectivity index (χ1v) is 9.57. The van der Waals surface area contributed by atoms with Crippen molar-refractivity contribution < 1.29 is 14.4 Å². The van der Waals surface area contributed by atoms with E-state index in [9.17, 15) is 10.1 Å². The fourth-order valence-corrected chi connectivity index (χ4v) is 2.92. The van der Waals surface area contributed by atoms with Crippen molar-refractivity contribution in [3.63, 3.8) is 0 Å². The molecule has 3 heterocycles. The number of hydrogen-bond acceptors (Lipinski definition) is 9. The van der Waals surface area contributed by atoms with Crippen molar-refractivity contribution in [1.82, 2.24) is 20.2 Å². The summed E-state index contributed by atoms with van der Waals surface area (Å²) in [6.07, 6.45) is 4.58. The predicted octanol–water partition coefficient (Wildman–Crippen LogP) is 2.40. The Balaban J connectivity index is 1.64. The monoisotopic (exact) mass is 412 g/mol. The van der Waals surface area contributed by atoms with Crippen LogP contribution in [0.4, 0.5) is 5.82 Å². The number of aromatic nitrogens is 2. The highest BCUT2D eigenvalue weighted by atomic mass is 16.6. The summed E-state index contributed by atoms with van der Waals surface area (Å²) in [5, 5.41) is 21.8. The zero-order chi connectivity index (χ0) is 21.3. The Morgan fingerprint density at radius 3 is 2.90 bits per heavy atom. The van der Waals surface area contributed by atoms with E-state index in [1.165, 1.54) is 18.3 Å². The third-order valence-corrected chi connectivity index (χ3v) is 4.55. The second-order valence-corrected chi connectivity index (χ2v) is 6.64. The van der Waals surface area contributed by atoms with Gasteiger partial charge in [0.15, 0.2) is 11.4 Å². The quantitative estimate of drug-likeness (QED) is 0.278. The number of allylic oxidation sites excluding steroid dienone is 1. The van der Waals surface area contributed by atoms with E-state index in [2.05, 4.69) is 20.2 Å². The van der Waals surface area contributed by atoms with Crippen LogP contribution in [0.1, 0.15) is 11.4 Å². The van der Waals surface area contributed by atoms with Crippen molar-refractivity contribution in [3.05, 3.63) is 58.2 Å². The van der Waals surface area contributed by atoms with Gasteiger partial charge in [-0.25, -0.2) is 0 Å². The van der Waals surface area contributed by atoms with Crippen LogP contribution in [0.25, 0.3) is 5.57 Å². The number of pyridine rings is 2. The molecule has 0 atom stereocenters. The molecule has 10 heteroatoms. The zero-order valence-electron chi connectivity index (χ0n) is 16.7. The summed E-state index contributed by atoms with van der Waals surface area (Å²) in [6.45, 7) is 6.69. The fourth-order valence-electron chi connectivity index (χ4n) is 2.92. The van der Waals surface area contributed by atoms with Crippen LogP contribution in [0.2, 0.25) is 0 Å². The van der Waals surface area contributed by atoms with Crippen molar-refractivity contribution in [2.24, 2.45) is 0 Å². The zero-order valence-corrected chi connectivity index (χ0v) is 16.7. The van der Waals surface area contributed by atoms with E-state index in [-0.39, 0.29) is 5.82 Å². The van der Waals surface area contributed by atoms with Crippen LogP contribution in [0.5, 0.6) is 11.5 Å². The van der Waals surface area contributed by atoms with Crippen molar-refractivity contribution in [3.8, 4) is 11.5 Å². The van der Waals surface area contributed by atoms with Crippen molar-refractivity contribution in [2.45, 2.75) is 6.92 Å². The minimum atomic E-state index is -0.547. The summed E-state index contributed by atoms with van der Waals surface area (Å²) in [5.74, 6) is 0.689. The minimum Gasteiger partial charge on any atom is -0.453 e. The largest absolute Gasteiger partial charge is 0.453 e. The van der Waals surface area contributed by atoms with E-state index in [0.717, 1.165) is 39.4 Å². The van der Waals surface area contributed by atoms with Crippen LogP contribution in [0.15, 0.2) is 36.7 Å². The van der Waals surface area contributed by atoms with Gasteiger partial charge in [-0.3, -0.25) is 9.88 Å². The van der Waals surface area contributed by atoms with Crippen molar-refractivity contribution >= 4 is 17.6 Å². The summed E-state index contributed by atoms with van der Waals surface area (Å²) >= 11 is 0. The molecule has 0 unspecified atom stereocenters. The molecule has 0 saturated carbocycles. The minimum absolute atomic E-state index is 0.229. The number of nitrogens with zero attached hydrogens (tertiary/aromatic N) is 4. The molecule has 1 aliphatic heterocycles. The molecule has 2 aromatic heterocycles. The average Bonchev–Trinajstić information content (AvgIpc) is 2.76. The molecule has 0 spiro atoms. The maximum atomic E-state index is 10.8. The topological polar surface area (TPSA) is 126 Å². The summed E-state index contributed by atoms with van der Waals surface area (Å²) in [4.78, 5) is 20.8. The van der Waals surface area contributed by atoms with Gasteiger partial charge in [-0.15, -0.1) is 0 Å². The molecule has 0 bridgehead atoms. The summed E-state index contributed by atoms with van der Waals surface area (Å²) in [7, 11) is 0. The molecule has 1 aliphatic rings. The highest BCUT2D eigenvalue weighted by Crippen LogP contribution is 2.26. The highest BCUT2D eigenvalue weighted by Gasteiger charge is 2.14. The lowest BCUT2D eigenvalue weighted by atomic mass is 10.2. The molecule has 2 aromatic rings. The standard InChI is InChI=1S/C20H24N6O4/c1-15-19(2-3-20(24-15)26(27)28)30-17-4-5-23-18(12-17)16(13-21)14-22-6-7-25-8-10-29-11-9-25/h2-5,12-14,21-22H,6-11H2,1H3/b16-14+,21-13?. The van der Waals surface area contributed by atoms with Gasteiger partial charge in [0.2, 0.25) is 0 Å². The summed E-state index contributed by atoms with van der Waals surface area (Å²) < 4.78 is 11.2. The SMILES string of the molecule is Cc1nc([N+](=O)[O-])ccc1Oc1ccnc(/C(C=N)=C/NCCN2CCOCC2)c1. The maximum absolute atomic E-state index is 10.8. The van der Waals surface area contributed by atoms with E-state index < -0.39 is 4.92 Å². The van der Waals surface area contributed by atoms with Gasteiger partial charge in [-0.1, -0.05) is 0 Å². The van der Waals surface area contributed by atoms with Crippen LogP contribution in [-0.4, -0.2) is 65.4 Å². The molecule has 158 valence electrons. The van der Waals surface area contributed by atoms with Gasteiger partial charge in [0.1, 0.15) is 5.75 Å². The van der Waals surface area contributed by atoms with Crippen LogP contribution in [-0.2, 0) is 4.74 Å². The Bertz CT molecular complexity index is 927. The first kappa shape index (κ1) is 21.3. The lowest BCUT2D eigenvalue weighted by Crippen LogP contribution is -2.39. The van der Waals surface area contributed by atoms with Gasteiger partial charge in [0, 0.05) is 69.4 Å². The molecule has 0 radical (unpaired) electrons. The summed E-state index contributed by atoms with van der Waals surface area (Å²) in [5.41, 5.74) is 1.60.